The largest absolute Gasteiger partial charge is 0.363 e. The highest BCUT2D eigenvalue weighted by Gasteiger charge is 2.18. The van der Waals surface area contributed by atoms with Crippen LogP contribution in [0.25, 0.3) is 0 Å². The molecular weight excluding hydrogens is 328 g/mol. The summed E-state index contributed by atoms with van der Waals surface area (Å²) in [7, 11) is 4.21. The van der Waals surface area contributed by atoms with E-state index in [1.807, 2.05) is 0 Å². The van der Waals surface area contributed by atoms with Crippen LogP contribution < -0.4 is 5.32 Å². The second-order valence-electron chi connectivity index (χ2n) is 7.55. The summed E-state index contributed by atoms with van der Waals surface area (Å²) in [6.45, 7) is 11.8. The smallest absolute Gasteiger partial charge is 0.169 e. The number of nitrogens with zero attached hydrogens (tertiary/aromatic N) is 3. The van der Waals surface area contributed by atoms with Crippen LogP contribution in [0.2, 0.25) is 0 Å². The number of rotatable bonds is 7. The van der Waals surface area contributed by atoms with Gasteiger partial charge in [-0.3, -0.25) is 4.90 Å². The summed E-state index contributed by atoms with van der Waals surface area (Å²) in [5.41, 5.74) is 2.82. The van der Waals surface area contributed by atoms with Gasteiger partial charge in [0, 0.05) is 39.3 Å². The quantitative estimate of drug-likeness (QED) is 0.593. The summed E-state index contributed by atoms with van der Waals surface area (Å²) < 4.78 is 0. The Bertz CT molecular complexity index is 519. The Morgan fingerprint density at radius 3 is 2.32 bits per heavy atom. The number of nitrogens with one attached hydrogen (secondary N) is 1. The van der Waals surface area contributed by atoms with Crippen LogP contribution >= 0.6 is 12.2 Å². The van der Waals surface area contributed by atoms with Crippen LogP contribution in [-0.2, 0) is 6.54 Å². The van der Waals surface area contributed by atoms with E-state index in [0.717, 1.165) is 57.3 Å². The second-order valence-corrected chi connectivity index (χ2v) is 7.93. The molecule has 0 bridgehead atoms. The normalized spacial score (nSPS) is 15.8. The fourth-order valence-electron chi connectivity index (χ4n) is 3.08. The molecular formula is C20H34N4S. The van der Waals surface area contributed by atoms with Crippen LogP contribution in [0.3, 0.4) is 0 Å². The van der Waals surface area contributed by atoms with Gasteiger partial charge in [-0.25, -0.2) is 0 Å². The van der Waals surface area contributed by atoms with Gasteiger partial charge >= 0.3 is 0 Å². The van der Waals surface area contributed by atoms with E-state index in [4.69, 9.17) is 12.2 Å². The maximum absolute atomic E-state index is 5.54. The molecule has 2 rings (SSSR count). The van der Waals surface area contributed by atoms with Crippen molar-refractivity contribution in [3.63, 3.8) is 0 Å². The van der Waals surface area contributed by atoms with Crippen LogP contribution in [0.15, 0.2) is 24.3 Å². The van der Waals surface area contributed by atoms with Gasteiger partial charge in [-0.1, -0.05) is 38.1 Å². The number of benzene rings is 1. The number of hydrogen-bond donors (Lipinski definition) is 1. The van der Waals surface area contributed by atoms with E-state index in [2.05, 4.69) is 72.2 Å². The first-order valence-corrected chi connectivity index (χ1v) is 9.85. The molecule has 0 radical (unpaired) electrons. The molecule has 5 heteroatoms. The van der Waals surface area contributed by atoms with Gasteiger partial charge in [0.15, 0.2) is 5.11 Å². The van der Waals surface area contributed by atoms with Crippen molar-refractivity contribution in [2.45, 2.75) is 32.7 Å². The number of hydrogen-bond acceptors (Lipinski definition) is 3. The van der Waals surface area contributed by atoms with Crippen molar-refractivity contribution in [2.24, 2.45) is 0 Å². The topological polar surface area (TPSA) is 21.8 Å². The van der Waals surface area contributed by atoms with E-state index in [-0.39, 0.29) is 0 Å². The zero-order valence-corrected chi connectivity index (χ0v) is 17.1. The summed E-state index contributed by atoms with van der Waals surface area (Å²) in [6, 6.07) is 9.09. The van der Waals surface area contributed by atoms with E-state index >= 15 is 0 Å². The molecule has 1 fully saturated rings. The molecule has 0 saturated carbocycles. The fourth-order valence-corrected chi connectivity index (χ4v) is 3.36. The minimum absolute atomic E-state index is 0.601. The van der Waals surface area contributed by atoms with Crippen LogP contribution in [-0.4, -0.2) is 73.2 Å². The highest BCUT2D eigenvalue weighted by molar-refractivity contribution is 7.80. The van der Waals surface area contributed by atoms with Crippen molar-refractivity contribution in [1.29, 1.82) is 0 Å². The molecule has 0 aromatic heterocycles. The molecule has 1 saturated heterocycles. The average Bonchev–Trinajstić information content (AvgIpc) is 2.59. The Kier molecular flexibility index (Phi) is 8.13. The molecule has 1 aliphatic rings. The van der Waals surface area contributed by atoms with E-state index in [1.54, 1.807) is 0 Å². The fraction of sp³-hybridized carbons (Fsp3) is 0.650. The Morgan fingerprint density at radius 2 is 1.76 bits per heavy atom. The van der Waals surface area contributed by atoms with Gasteiger partial charge < -0.3 is 15.1 Å². The first-order chi connectivity index (χ1) is 12.0. The van der Waals surface area contributed by atoms with Gasteiger partial charge in [0.1, 0.15) is 0 Å². The van der Waals surface area contributed by atoms with Gasteiger partial charge in [0.25, 0.3) is 0 Å². The van der Waals surface area contributed by atoms with Crippen molar-refractivity contribution in [2.75, 3.05) is 53.4 Å². The summed E-state index contributed by atoms with van der Waals surface area (Å²) in [6.07, 6.45) is 1.12. The van der Waals surface area contributed by atoms with Crippen molar-refractivity contribution in [3.8, 4) is 0 Å². The maximum atomic E-state index is 5.54. The minimum atomic E-state index is 0.601. The first kappa shape index (κ1) is 20.1. The molecule has 0 spiro atoms. The predicted molar refractivity (Wildman–Crippen MR) is 111 cm³/mol. The maximum Gasteiger partial charge on any atom is 0.169 e. The Hall–Kier alpha value is -1.17. The molecule has 4 nitrogen and oxygen atoms in total. The Morgan fingerprint density at radius 1 is 1.12 bits per heavy atom. The third kappa shape index (κ3) is 6.92. The van der Waals surface area contributed by atoms with Crippen molar-refractivity contribution >= 4 is 17.3 Å². The monoisotopic (exact) mass is 362 g/mol. The first-order valence-electron chi connectivity index (χ1n) is 9.44. The lowest BCUT2D eigenvalue weighted by Crippen LogP contribution is -2.51. The molecule has 0 atom stereocenters. The summed E-state index contributed by atoms with van der Waals surface area (Å²) in [5.74, 6) is 0.601. The summed E-state index contributed by atoms with van der Waals surface area (Å²) >= 11 is 5.54. The summed E-state index contributed by atoms with van der Waals surface area (Å²) in [5, 5.41) is 4.32. The molecule has 0 aliphatic carbocycles. The zero-order valence-electron chi connectivity index (χ0n) is 16.3. The molecule has 1 heterocycles. The summed E-state index contributed by atoms with van der Waals surface area (Å²) in [4.78, 5) is 7.04. The average molecular weight is 363 g/mol. The molecule has 140 valence electrons. The second kappa shape index (κ2) is 10.1. The third-order valence-electron chi connectivity index (χ3n) is 4.77. The minimum Gasteiger partial charge on any atom is -0.363 e. The van der Waals surface area contributed by atoms with E-state index in [1.165, 1.54) is 11.1 Å². The molecule has 0 unspecified atom stereocenters. The lowest BCUT2D eigenvalue weighted by Gasteiger charge is -2.36. The number of thiocarbonyl (C=S) groups is 1. The van der Waals surface area contributed by atoms with Gasteiger partial charge in [0.2, 0.25) is 0 Å². The number of piperazine rings is 1. The van der Waals surface area contributed by atoms with Gasteiger partial charge in [-0.05, 0) is 56.3 Å². The van der Waals surface area contributed by atoms with Crippen LogP contribution in [0.1, 0.15) is 37.3 Å². The van der Waals surface area contributed by atoms with Crippen molar-refractivity contribution in [1.82, 2.24) is 20.0 Å². The van der Waals surface area contributed by atoms with Gasteiger partial charge in [-0.15, -0.1) is 0 Å². The van der Waals surface area contributed by atoms with E-state index in [0.29, 0.717) is 5.92 Å². The Balaban J connectivity index is 1.69. The lowest BCUT2D eigenvalue weighted by atomic mass is 10.0. The third-order valence-corrected chi connectivity index (χ3v) is 5.17. The Labute approximate surface area is 159 Å². The van der Waals surface area contributed by atoms with Gasteiger partial charge in [0.05, 0.1) is 0 Å². The molecule has 1 aromatic rings. The highest BCUT2D eigenvalue weighted by Crippen LogP contribution is 2.16. The molecule has 1 aromatic carbocycles. The van der Waals surface area contributed by atoms with Crippen LogP contribution in [0.4, 0.5) is 0 Å². The van der Waals surface area contributed by atoms with Crippen molar-refractivity contribution in [3.05, 3.63) is 35.4 Å². The van der Waals surface area contributed by atoms with E-state index in [9.17, 15) is 0 Å². The lowest BCUT2D eigenvalue weighted by molar-refractivity contribution is 0.174. The van der Waals surface area contributed by atoms with E-state index < -0.39 is 0 Å². The van der Waals surface area contributed by atoms with Crippen LogP contribution in [0, 0.1) is 0 Å². The standard InChI is InChI=1S/C20H34N4S/c1-17(2)19-8-6-18(7-9-19)16-23-12-14-24(15-13-23)20(25)21-10-5-11-22(3)4/h6-9,17H,5,10-16H2,1-4H3,(H,21,25). The highest BCUT2D eigenvalue weighted by atomic mass is 32.1. The molecule has 1 aliphatic heterocycles. The SMILES string of the molecule is CC(C)c1ccc(CN2CCN(C(=S)NCCCN(C)C)CC2)cc1. The molecule has 1 N–H and O–H groups in total. The molecule has 0 amide bonds. The van der Waals surface area contributed by atoms with Crippen LogP contribution in [0.5, 0.6) is 0 Å². The molecule has 25 heavy (non-hydrogen) atoms. The van der Waals surface area contributed by atoms with Crippen molar-refractivity contribution < 1.29 is 0 Å². The predicted octanol–water partition coefficient (Wildman–Crippen LogP) is 2.75. The zero-order chi connectivity index (χ0) is 18.2. The van der Waals surface area contributed by atoms with Gasteiger partial charge in [-0.2, -0.15) is 0 Å².